The molecule has 1 unspecified atom stereocenters. The van der Waals surface area contributed by atoms with Crippen LogP contribution in [0.15, 0.2) is 48.9 Å². The highest BCUT2D eigenvalue weighted by Gasteiger charge is 2.25. The van der Waals surface area contributed by atoms with Crippen LogP contribution in [0.2, 0.25) is 0 Å². The third-order valence-corrected chi connectivity index (χ3v) is 4.53. The molecular weight excluding hydrogens is 298 g/mol. The van der Waals surface area contributed by atoms with E-state index in [0.29, 0.717) is 5.92 Å². The van der Waals surface area contributed by atoms with Gasteiger partial charge >= 0.3 is 0 Å². The first-order chi connectivity index (χ1) is 11.8. The number of nitrogens with one attached hydrogen (secondary N) is 1. The third kappa shape index (κ3) is 3.21. The summed E-state index contributed by atoms with van der Waals surface area (Å²) in [5.74, 6) is 2.40. The van der Waals surface area contributed by atoms with Crippen molar-refractivity contribution in [3.63, 3.8) is 0 Å². The van der Waals surface area contributed by atoms with Crippen LogP contribution in [0.3, 0.4) is 0 Å². The van der Waals surface area contributed by atoms with Gasteiger partial charge in [-0.15, -0.1) is 0 Å². The van der Waals surface area contributed by atoms with Crippen LogP contribution in [0.1, 0.15) is 29.4 Å². The number of rotatable bonds is 4. The normalized spacial score (nSPS) is 18.1. The van der Waals surface area contributed by atoms with Gasteiger partial charge in [0.2, 0.25) is 0 Å². The van der Waals surface area contributed by atoms with Crippen LogP contribution in [0.5, 0.6) is 0 Å². The third-order valence-electron chi connectivity index (χ3n) is 4.53. The molecule has 1 aliphatic heterocycles. The molecule has 1 N–H and O–H groups in total. The maximum Gasteiger partial charge on any atom is 0.159 e. The van der Waals surface area contributed by atoms with Crippen molar-refractivity contribution in [3.05, 3.63) is 66.0 Å². The van der Waals surface area contributed by atoms with E-state index in [9.17, 15) is 0 Å². The smallest absolute Gasteiger partial charge is 0.159 e. The minimum absolute atomic E-state index is 0.503. The average molecular weight is 319 g/mol. The first kappa shape index (κ1) is 15.0. The van der Waals surface area contributed by atoms with E-state index in [0.717, 1.165) is 54.5 Å². The van der Waals surface area contributed by atoms with Crippen LogP contribution < -0.4 is 0 Å². The van der Waals surface area contributed by atoms with Crippen LogP contribution in [0.4, 0.5) is 0 Å². The van der Waals surface area contributed by atoms with Crippen LogP contribution in [0, 0.1) is 6.92 Å². The molecular formula is C19H21N5. The average Bonchev–Trinajstić information content (AvgIpc) is 3.25. The second-order valence-corrected chi connectivity index (χ2v) is 6.45. The predicted octanol–water partition coefficient (Wildman–Crippen LogP) is 3.16. The molecule has 4 rings (SSSR count). The molecule has 1 saturated heterocycles. The van der Waals surface area contributed by atoms with E-state index in [1.54, 1.807) is 0 Å². The summed E-state index contributed by atoms with van der Waals surface area (Å²) < 4.78 is 0. The van der Waals surface area contributed by atoms with Crippen LogP contribution >= 0.6 is 0 Å². The Kier molecular flexibility index (Phi) is 4.09. The molecule has 3 heterocycles. The van der Waals surface area contributed by atoms with Crippen molar-refractivity contribution in [2.24, 2.45) is 0 Å². The molecule has 5 nitrogen and oxygen atoms in total. The van der Waals surface area contributed by atoms with Gasteiger partial charge in [-0.05, 0) is 19.9 Å². The number of nitrogens with zero attached hydrogens (tertiary/aromatic N) is 4. The van der Waals surface area contributed by atoms with E-state index in [1.165, 1.54) is 0 Å². The Labute approximate surface area is 141 Å². The number of aryl methyl sites for hydroxylation is 1. The minimum Gasteiger partial charge on any atom is -0.346 e. The molecule has 0 aliphatic carbocycles. The summed E-state index contributed by atoms with van der Waals surface area (Å²) in [6.07, 6.45) is 6.95. The van der Waals surface area contributed by atoms with Crippen LogP contribution in [-0.4, -0.2) is 37.9 Å². The van der Waals surface area contributed by atoms with Crippen molar-refractivity contribution < 1.29 is 0 Å². The lowest BCUT2D eigenvalue weighted by molar-refractivity contribution is 0.325. The number of aromatic nitrogens is 4. The predicted molar refractivity (Wildman–Crippen MR) is 93.4 cm³/mol. The molecule has 1 atom stereocenters. The van der Waals surface area contributed by atoms with Crippen molar-refractivity contribution in [1.82, 2.24) is 24.8 Å². The highest BCUT2D eigenvalue weighted by molar-refractivity contribution is 5.53. The molecule has 1 aliphatic rings. The largest absolute Gasteiger partial charge is 0.346 e. The Morgan fingerprint density at radius 1 is 1.08 bits per heavy atom. The Hall–Kier alpha value is -2.53. The van der Waals surface area contributed by atoms with E-state index < -0.39 is 0 Å². The molecule has 0 spiro atoms. The summed E-state index contributed by atoms with van der Waals surface area (Å²) in [5, 5.41) is 0. The number of H-pyrrole nitrogens is 1. The van der Waals surface area contributed by atoms with E-state index in [1.807, 2.05) is 48.9 Å². The molecule has 0 bridgehead atoms. The summed E-state index contributed by atoms with van der Waals surface area (Å²) >= 11 is 0. The first-order valence-electron chi connectivity index (χ1n) is 8.38. The van der Waals surface area contributed by atoms with E-state index >= 15 is 0 Å². The maximum absolute atomic E-state index is 4.52. The molecule has 1 aromatic carbocycles. The van der Waals surface area contributed by atoms with Gasteiger partial charge in [0.05, 0.1) is 0 Å². The number of imidazole rings is 1. The lowest BCUT2D eigenvalue weighted by atomic mass is 10.1. The van der Waals surface area contributed by atoms with Crippen molar-refractivity contribution >= 4 is 0 Å². The molecule has 2 aromatic heterocycles. The quantitative estimate of drug-likeness (QED) is 0.802. The SMILES string of the molecule is Cc1cnc(C2CCN(Cc3cnc(-c4ccccc4)nc3)C2)[nH]1. The molecule has 0 saturated carbocycles. The summed E-state index contributed by atoms with van der Waals surface area (Å²) in [5.41, 5.74) is 3.35. The summed E-state index contributed by atoms with van der Waals surface area (Å²) in [6, 6.07) is 10.1. The fourth-order valence-electron chi connectivity index (χ4n) is 3.27. The molecule has 1 fully saturated rings. The molecule has 0 amide bonds. The van der Waals surface area contributed by atoms with Crippen LogP contribution in [-0.2, 0) is 6.54 Å². The highest BCUT2D eigenvalue weighted by Crippen LogP contribution is 2.26. The Morgan fingerprint density at radius 2 is 1.88 bits per heavy atom. The number of aromatic amines is 1. The number of benzene rings is 1. The zero-order valence-corrected chi connectivity index (χ0v) is 13.8. The molecule has 24 heavy (non-hydrogen) atoms. The highest BCUT2D eigenvalue weighted by atomic mass is 15.2. The number of hydrogen-bond donors (Lipinski definition) is 1. The zero-order valence-electron chi connectivity index (χ0n) is 13.8. The Balaban J connectivity index is 1.39. The van der Waals surface area contributed by atoms with E-state index in [-0.39, 0.29) is 0 Å². The van der Waals surface area contributed by atoms with Gasteiger partial charge in [-0.3, -0.25) is 4.90 Å². The second-order valence-electron chi connectivity index (χ2n) is 6.45. The van der Waals surface area contributed by atoms with Gasteiger partial charge in [0.25, 0.3) is 0 Å². The van der Waals surface area contributed by atoms with Gasteiger partial charge in [-0.2, -0.15) is 0 Å². The monoisotopic (exact) mass is 319 g/mol. The topological polar surface area (TPSA) is 57.7 Å². The van der Waals surface area contributed by atoms with Crippen molar-refractivity contribution in [2.75, 3.05) is 13.1 Å². The first-order valence-corrected chi connectivity index (χ1v) is 8.38. The van der Waals surface area contributed by atoms with Crippen molar-refractivity contribution in [1.29, 1.82) is 0 Å². The summed E-state index contributed by atoms with van der Waals surface area (Å²) in [7, 11) is 0. The van der Waals surface area contributed by atoms with E-state index in [4.69, 9.17) is 0 Å². The summed E-state index contributed by atoms with van der Waals surface area (Å²) in [4.78, 5) is 19.3. The number of likely N-dealkylation sites (tertiary alicyclic amines) is 1. The lowest BCUT2D eigenvalue weighted by Crippen LogP contribution is -2.20. The second kappa shape index (κ2) is 6.53. The van der Waals surface area contributed by atoms with Gasteiger partial charge in [0, 0.05) is 54.4 Å². The van der Waals surface area contributed by atoms with Gasteiger partial charge in [-0.25, -0.2) is 15.0 Å². The van der Waals surface area contributed by atoms with Gasteiger partial charge < -0.3 is 4.98 Å². The lowest BCUT2D eigenvalue weighted by Gasteiger charge is -2.15. The van der Waals surface area contributed by atoms with Crippen molar-refractivity contribution in [3.8, 4) is 11.4 Å². The van der Waals surface area contributed by atoms with Crippen LogP contribution in [0.25, 0.3) is 11.4 Å². The van der Waals surface area contributed by atoms with Gasteiger partial charge in [-0.1, -0.05) is 30.3 Å². The minimum atomic E-state index is 0.503. The summed E-state index contributed by atoms with van der Waals surface area (Å²) in [6.45, 7) is 5.07. The maximum atomic E-state index is 4.52. The zero-order chi connectivity index (χ0) is 16.4. The standard InChI is InChI=1S/C19H21N5/c1-14-9-20-19(23-14)17-7-8-24(13-17)12-15-10-21-18(22-11-15)16-5-3-2-4-6-16/h2-6,9-11,17H,7-8,12-13H2,1H3,(H,20,23). The fourth-order valence-corrected chi connectivity index (χ4v) is 3.27. The Bertz CT molecular complexity index is 794. The van der Waals surface area contributed by atoms with Crippen molar-refractivity contribution in [2.45, 2.75) is 25.8 Å². The van der Waals surface area contributed by atoms with Gasteiger partial charge in [0.15, 0.2) is 5.82 Å². The van der Waals surface area contributed by atoms with E-state index in [2.05, 4.69) is 31.8 Å². The van der Waals surface area contributed by atoms with Gasteiger partial charge in [0.1, 0.15) is 5.82 Å². The molecule has 0 radical (unpaired) electrons. The number of hydrogen-bond acceptors (Lipinski definition) is 4. The fraction of sp³-hybridized carbons (Fsp3) is 0.316. The molecule has 5 heteroatoms. The molecule has 122 valence electrons. The Morgan fingerprint density at radius 3 is 2.58 bits per heavy atom. The molecule has 3 aromatic rings.